The van der Waals surface area contributed by atoms with Crippen LogP contribution >= 0.6 is 0 Å². The summed E-state index contributed by atoms with van der Waals surface area (Å²) in [5, 5.41) is 3.99. The van der Waals surface area contributed by atoms with Crippen molar-refractivity contribution in [3.63, 3.8) is 0 Å². The number of rotatable bonds is 6. The molecule has 1 heterocycles. The molecule has 0 spiro atoms. The van der Waals surface area contributed by atoms with Gasteiger partial charge in [0.1, 0.15) is 0 Å². The van der Waals surface area contributed by atoms with Crippen LogP contribution in [0, 0.1) is 0 Å². The molecule has 6 nitrogen and oxygen atoms in total. The summed E-state index contributed by atoms with van der Waals surface area (Å²) in [7, 11) is -1.61. The van der Waals surface area contributed by atoms with Crippen molar-refractivity contribution in [2.45, 2.75) is 18.8 Å². The van der Waals surface area contributed by atoms with Crippen molar-refractivity contribution in [1.82, 2.24) is 14.5 Å². The zero-order chi connectivity index (χ0) is 14.6. The predicted octanol–water partition coefficient (Wildman–Crippen LogP) is 0.498. The van der Waals surface area contributed by atoms with Crippen molar-refractivity contribution in [3.05, 3.63) is 53.3 Å². The summed E-state index contributed by atoms with van der Waals surface area (Å²) in [5.74, 6) is -0.0569. The number of sulfonamides is 1. The Morgan fingerprint density at radius 3 is 2.70 bits per heavy atom. The number of nitrogens with one attached hydrogen (secondary N) is 1. The molecule has 0 aliphatic rings. The van der Waals surface area contributed by atoms with Crippen LogP contribution in [-0.2, 0) is 35.9 Å². The molecular weight excluding hydrogens is 276 g/mol. The van der Waals surface area contributed by atoms with Crippen molar-refractivity contribution in [2.75, 3.05) is 0 Å². The Kier molecular flexibility index (Phi) is 4.53. The van der Waals surface area contributed by atoms with Crippen LogP contribution in [0.2, 0.25) is 0 Å². The maximum atomic E-state index is 12.0. The third kappa shape index (κ3) is 3.89. The van der Waals surface area contributed by atoms with E-state index in [9.17, 15) is 8.42 Å². The second-order valence-electron chi connectivity index (χ2n) is 4.55. The van der Waals surface area contributed by atoms with Gasteiger partial charge in [0, 0.05) is 19.8 Å². The number of hydrogen-bond acceptors (Lipinski definition) is 4. The monoisotopic (exact) mass is 294 g/mol. The molecule has 3 N–H and O–H groups in total. The van der Waals surface area contributed by atoms with E-state index in [-0.39, 0.29) is 12.3 Å². The third-order valence-corrected chi connectivity index (χ3v) is 4.28. The number of nitrogens with two attached hydrogens (primary N) is 1. The first kappa shape index (κ1) is 14.7. The number of aryl methyl sites for hydroxylation is 1. The summed E-state index contributed by atoms with van der Waals surface area (Å²) in [4.78, 5) is 0. The molecule has 0 bridgehead atoms. The summed E-state index contributed by atoms with van der Waals surface area (Å²) in [5.41, 5.74) is 8.00. The van der Waals surface area contributed by atoms with Gasteiger partial charge >= 0.3 is 0 Å². The smallest absolute Gasteiger partial charge is 0.216 e. The van der Waals surface area contributed by atoms with Gasteiger partial charge < -0.3 is 5.73 Å². The summed E-state index contributed by atoms with van der Waals surface area (Å²) < 4.78 is 28.3. The minimum absolute atomic E-state index is 0.0569. The highest BCUT2D eigenvalue weighted by Crippen LogP contribution is 2.09. The maximum absolute atomic E-state index is 12.0. The topological polar surface area (TPSA) is 90.0 Å². The van der Waals surface area contributed by atoms with Crippen molar-refractivity contribution in [2.24, 2.45) is 12.8 Å². The number of nitrogens with zero attached hydrogens (tertiary/aromatic N) is 2. The van der Waals surface area contributed by atoms with Gasteiger partial charge in [-0.05, 0) is 17.2 Å². The lowest BCUT2D eigenvalue weighted by molar-refractivity contribution is 0.576. The Labute approximate surface area is 118 Å². The van der Waals surface area contributed by atoms with Crippen LogP contribution in [0.5, 0.6) is 0 Å². The lowest BCUT2D eigenvalue weighted by Crippen LogP contribution is -2.25. The highest BCUT2D eigenvalue weighted by atomic mass is 32.2. The fourth-order valence-electron chi connectivity index (χ4n) is 1.88. The SMILES string of the molecule is Cn1nccc1CNS(=O)(=O)Cc1cccc(CN)c1. The Hall–Kier alpha value is -1.70. The second kappa shape index (κ2) is 6.17. The first-order chi connectivity index (χ1) is 9.50. The Morgan fingerprint density at radius 2 is 2.05 bits per heavy atom. The fourth-order valence-corrected chi connectivity index (χ4v) is 2.96. The summed E-state index contributed by atoms with van der Waals surface area (Å²) in [6.07, 6.45) is 1.63. The molecule has 0 saturated heterocycles. The van der Waals surface area contributed by atoms with E-state index in [4.69, 9.17) is 5.73 Å². The molecule has 0 radical (unpaired) electrons. The Balaban J connectivity index is 2.02. The third-order valence-electron chi connectivity index (χ3n) is 2.98. The van der Waals surface area contributed by atoms with Gasteiger partial charge in [0.2, 0.25) is 10.0 Å². The van der Waals surface area contributed by atoms with Crippen molar-refractivity contribution in [3.8, 4) is 0 Å². The maximum Gasteiger partial charge on any atom is 0.216 e. The fraction of sp³-hybridized carbons (Fsp3) is 0.308. The molecule has 7 heteroatoms. The minimum atomic E-state index is -3.38. The van der Waals surface area contributed by atoms with E-state index in [0.29, 0.717) is 6.54 Å². The van der Waals surface area contributed by atoms with E-state index in [1.165, 1.54) is 0 Å². The predicted molar refractivity (Wildman–Crippen MR) is 77.0 cm³/mol. The quantitative estimate of drug-likeness (QED) is 0.811. The van der Waals surface area contributed by atoms with Crippen LogP contribution in [0.1, 0.15) is 16.8 Å². The molecule has 2 rings (SSSR count). The summed E-state index contributed by atoms with van der Waals surface area (Å²) in [6, 6.07) is 9.05. The first-order valence-corrected chi connectivity index (χ1v) is 7.87. The molecule has 0 atom stereocenters. The van der Waals surface area contributed by atoms with E-state index in [2.05, 4.69) is 9.82 Å². The van der Waals surface area contributed by atoms with Gasteiger partial charge in [0.05, 0.1) is 18.0 Å². The molecule has 0 unspecified atom stereocenters. The normalized spacial score (nSPS) is 11.7. The lowest BCUT2D eigenvalue weighted by Gasteiger charge is -2.08. The van der Waals surface area contributed by atoms with Crippen molar-refractivity contribution in [1.29, 1.82) is 0 Å². The molecule has 108 valence electrons. The highest BCUT2D eigenvalue weighted by Gasteiger charge is 2.12. The Morgan fingerprint density at radius 1 is 1.30 bits per heavy atom. The number of benzene rings is 1. The number of hydrogen-bond donors (Lipinski definition) is 2. The van der Waals surface area contributed by atoms with Crippen molar-refractivity contribution < 1.29 is 8.42 Å². The van der Waals surface area contributed by atoms with Gasteiger partial charge in [-0.2, -0.15) is 5.10 Å². The van der Waals surface area contributed by atoms with Crippen molar-refractivity contribution >= 4 is 10.0 Å². The van der Waals surface area contributed by atoms with E-state index < -0.39 is 10.0 Å². The van der Waals surface area contributed by atoms with Crippen LogP contribution < -0.4 is 10.5 Å². The molecule has 0 aliphatic carbocycles. The van der Waals surface area contributed by atoms with E-state index in [1.807, 2.05) is 18.2 Å². The van der Waals surface area contributed by atoms with Crippen LogP contribution in [0.3, 0.4) is 0 Å². The van der Waals surface area contributed by atoms with Gasteiger partial charge in [-0.1, -0.05) is 24.3 Å². The number of aromatic nitrogens is 2. The molecule has 1 aromatic carbocycles. The zero-order valence-electron chi connectivity index (χ0n) is 11.3. The van der Waals surface area contributed by atoms with Gasteiger partial charge in [-0.15, -0.1) is 0 Å². The molecule has 2 aromatic rings. The molecule has 0 aliphatic heterocycles. The van der Waals surface area contributed by atoms with Gasteiger partial charge in [-0.3, -0.25) is 4.68 Å². The summed E-state index contributed by atoms with van der Waals surface area (Å²) >= 11 is 0. The molecular formula is C13H18N4O2S. The van der Waals surface area contributed by atoms with E-state index >= 15 is 0 Å². The molecule has 0 fully saturated rings. The van der Waals surface area contributed by atoms with Gasteiger partial charge in [0.15, 0.2) is 0 Å². The first-order valence-electron chi connectivity index (χ1n) is 6.22. The lowest BCUT2D eigenvalue weighted by atomic mass is 10.1. The van der Waals surface area contributed by atoms with Gasteiger partial charge in [-0.25, -0.2) is 13.1 Å². The van der Waals surface area contributed by atoms with Crippen LogP contribution in [0.15, 0.2) is 36.5 Å². The van der Waals surface area contributed by atoms with E-state index in [0.717, 1.165) is 16.8 Å². The average molecular weight is 294 g/mol. The second-order valence-corrected chi connectivity index (χ2v) is 6.36. The Bertz CT molecular complexity index is 679. The zero-order valence-corrected chi connectivity index (χ0v) is 12.1. The van der Waals surface area contributed by atoms with Crippen LogP contribution in [-0.4, -0.2) is 18.2 Å². The highest BCUT2D eigenvalue weighted by molar-refractivity contribution is 7.88. The molecule has 0 amide bonds. The van der Waals surface area contributed by atoms with E-state index in [1.54, 1.807) is 30.1 Å². The molecule has 0 saturated carbocycles. The molecule has 1 aromatic heterocycles. The standard InChI is InChI=1S/C13H18N4O2S/c1-17-13(5-6-15-17)9-16-20(18,19)10-12-4-2-3-11(7-12)8-14/h2-7,16H,8-10,14H2,1H3. The average Bonchev–Trinajstić information content (AvgIpc) is 2.82. The summed E-state index contributed by atoms with van der Waals surface area (Å²) in [6.45, 7) is 0.631. The van der Waals surface area contributed by atoms with Gasteiger partial charge in [0.25, 0.3) is 0 Å². The van der Waals surface area contributed by atoms with Crippen LogP contribution in [0.4, 0.5) is 0 Å². The largest absolute Gasteiger partial charge is 0.326 e. The van der Waals surface area contributed by atoms with Crippen LogP contribution in [0.25, 0.3) is 0 Å². The minimum Gasteiger partial charge on any atom is -0.326 e. The molecule has 20 heavy (non-hydrogen) atoms.